The molecule has 0 saturated carbocycles. The molecule has 1 rings (SSSR count). The minimum Gasteiger partial charge on any atom is -0.476 e. The van der Waals surface area contributed by atoms with Gasteiger partial charge < -0.3 is 9.84 Å². The van der Waals surface area contributed by atoms with E-state index in [1.165, 1.54) is 11.7 Å². The van der Waals surface area contributed by atoms with Gasteiger partial charge in [-0.1, -0.05) is 5.92 Å². The third-order valence-electron chi connectivity index (χ3n) is 1.99. The fourth-order valence-electron chi connectivity index (χ4n) is 1.33. The summed E-state index contributed by atoms with van der Waals surface area (Å²) in [5.41, 5.74) is 0.647. The largest absolute Gasteiger partial charge is 0.476 e. The number of ether oxygens (including phenoxy) is 1. The highest BCUT2D eigenvalue weighted by Crippen LogP contribution is 2.11. The van der Waals surface area contributed by atoms with Crippen molar-refractivity contribution >= 4 is 11.9 Å². The van der Waals surface area contributed by atoms with E-state index in [9.17, 15) is 9.59 Å². The fraction of sp³-hybridized carbons (Fsp3) is 0.364. The second-order valence-corrected chi connectivity index (χ2v) is 3.21. The van der Waals surface area contributed by atoms with E-state index in [1.54, 1.807) is 13.8 Å². The molecule has 0 aromatic carbocycles. The van der Waals surface area contributed by atoms with E-state index in [1.807, 2.05) is 0 Å². The maximum Gasteiger partial charge on any atom is 0.384 e. The number of hydrogen-bond donors (Lipinski definition) is 1. The summed E-state index contributed by atoms with van der Waals surface area (Å²) < 4.78 is 5.84. The number of rotatable bonds is 2. The Hall–Kier alpha value is -2.29. The van der Waals surface area contributed by atoms with Gasteiger partial charge in [-0.2, -0.15) is 5.10 Å². The SMILES string of the molecule is CCOC(=O)C#Cc1c(C)nn(C)c1C(=O)O. The Balaban J connectivity index is 3.14. The molecule has 17 heavy (non-hydrogen) atoms. The molecule has 0 bridgehead atoms. The summed E-state index contributed by atoms with van der Waals surface area (Å²) in [6.07, 6.45) is 0. The van der Waals surface area contributed by atoms with E-state index in [0.29, 0.717) is 5.69 Å². The number of nitrogens with zero attached hydrogens (tertiary/aromatic N) is 2. The first-order valence-electron chi connectivity index (χ1n) is 4.93. The molecule has 0 radical (unpaired) electrons. The van der Waals surface area contributed by atoms with Crippen LogP contribution >= 0.6 is 0 Å². The third kappa shape index (κ3) is 2.84. The van der Waals surface area contributed by atoms with Crippen LogP contribution in [0.25, 0.3) is 0 Å². The van der Waals surface area contributed by atoms with Crippen molar-refractivity contribution in [1.82, 2.24) is 9.78 Å². The number of aromatic nitrogens is 2. The van der Waals surface area contributed by atoms with Crippen molar-refractivity contribution in [3.63, 3.8) is 0 Å². The zero-order valence-electron chi connectivity index (χ0n) is 9.77. The summed E-state index contributed by atoms with van der Waals surface area (Å²) in [5, 5.41) is 12.9. The van der Waals surface area contributed by atoms with Crippen LogP contribution in [0.5, 0.6) is 0 Å². The molecule has 6 heteroatoms. The first-order chi connectivity index (χ1) is 7.97. The molecule has 0 fully saturated rings. The van der Waals surface area contributed by atoms with E-state index < -0.39 is 11.9 Å². The van der Waals surface area contributed by atoms with Crippen molar-refractivity contribution in [2.24, 2.45) is 7.05 Å². The zero-order chi connectivity index (χ0) is 13.0. The third-order valence-corrected chi connectivity index (χ3v) is 1.99. The van der Waals surface area contributed by atoms with Crippen molar-refractivity contribution in [3.05, 3.63) is 17.0 Å². The maximum atomic E-state index is 11.0. The lowest BCUT2D eigenvalue weighted by Gasteiger charge is -1.95. The molecule has 0 spiro atoms. The first kappa shape index (κ1) is 12.8. The van der Waals surface area contributed by atoms with Crippen LogP contribution in [0.2, 0.25) is 0 Å². The fourth-order valence-corrected chi connectivity index (χ4v) is 1.33. The average molecular weight is 236 g/mol. The molecule has 0 amide bonds. The summed E-state index contributed by atoms with van der Waals surface area (Å²) >= 11 is 0. The van der Waals surface area contributed by atoms with Crippen LogP contribution < -0.4 is 0 Å². The van der Waals surface area contributed by atoms with Crippen molar-refractivity contribution in [2.45, 2.75) is 13.8 Å². The minimum atomic E-state index is -1.14. The molecule has 0 unspecified atom stereocenters. The van der Waals surface area contributed by atoms with E-state index in [2.05, 4.69) is 21.7 Å². The molecular weight excluding hydrogens is 224 g/mol. The molecule has 0 aliphatic heterocycles. The molecule has 0 aliphatic carbocycles. The number of aryl methyl sites for hydroxylation is 2. The van der Waals surface area contributed by atoms with Crippen molar-refractivity contribution in [3.8, 4) is 11.8 Å². The summed E-state index contributed by atoms with van der Waals surface area (Å²) in [6.45, 7) is 3.52. The number of carboxylic acid groups (broad SMARTS) is 1. The van der Waals surface area contributed by atoms with Gasteiger partial charge in [0.15, 0.2) is 5.69 Å². The van der Waals surface area contributed by atoms with E-state index >= 15 is 0 Å². The first-order valence-corrected chi connectivity index (χ1v) is 4.93. The highest BCUT2D eigenvalue weighted by Gasteiger charge is 2.17. The standard InChI is InChI=1S/C11H12N2O4/c1-4-17-9(14)6-5-8-7(2)12-13(3)10(8)11(15)16/h4H2,1-3H3,(H,15,16). The average Bonchev–Trinajstić information content (AvgIpc) is 2.50. The van der Waals surface area contributed by atoms with Crippen LogP contribution in [-0.2, 0) is 16.6 Å². The zero-order valence-corrected chi connectivity index (χ0v) is 9.77. The topological polar surface area (TPSA) is 81.4 Å². The molecule has 1 N–H and O–H groups in total. The number of esters is 1. The highest BCUT2D eigenvalue weighted by molar-refractivity contribution is 5.92. The lowest BCUT2D eigenvalue weighted by atomic mass is 10.2. The van der Waals surface area contributed by atoms with Crippen LogP contribution in [0.4, 0.5) is 0 Å². The smallest absolute Gasteiger partial charge is 0.384 e. The van der Waals surface area contributed by atoms with Gasteiger partial charge in [0.25, 0.3) is 0 Å². The van der Waals surface area contributed by atoms with Gasteiger partial charge in [-0.05, 0) is 13.8 Å². The van der Waals surface area contributed by atoms with Crippen LogP contribution in [0.1, 0.15) is 28.7 Å². The molecule has 1 heterocycles. The quantitative estimate of drug-likeness (QED) is 0.591. The molecule has 0 saturated heterocycles. The van der Waals surface area contributed by atoms with Crippen molar-refractivity contribution in [2.75, 3.05) is 6.61 Å². The lowest BCUT2D eigenvalue weighted by Crippen LogP contribution is -2.07. The van der Waals surface area contributed by atoms with Crippen molar-refractivity contribution < 1.29 is 19.4 Å². The normalized spacial score (nSPS) is 9.35. The van der Waals surface area contributed by atoms with Gasteiger partial charge in [0.1, 0.15) is 0 Å². The molecule has 90 valence electrons. The van der Waals surface area contributed by atoms with Gasteiger partial charge in [0.2, 0.25) is 0 Å². The van der Waals surface area contributed by atoms with E-state index in [0.717, 1.165) is 0 Å². The predicted molar refractivity (Wildman–Crippen MR) is 58.4 cm³/mol. The second-order valence-electron chi connectivity index (χ2n) is 3.21. The number of carbonyl (C=O) groups excluding carboxylic acids is 1. The molecule has 1 aromatic rings. The molecule has 6 nitrogen and oxygen atoms in total. The highest BCUT2D eigenvalue weighted by atomic mass is 16.5. The van der Waals surface area contributed by atoms with Crippen LogP contribution in [0, 0.1) is 18.8 Å². The minimum absolute atomic E-state index is 0.0423. The van der Waals surface area contributed by atoms with Crippen LogP contribution in [0.3, 0.4) is 0 Å². The Kier molecular flexibility index (Phi) is 3.88. The van der Waals surface area contributed by atoms with Gasteiger partial charge in [-0.25, -0.2) is 9.59 Å². The van der Waals surface area contributed by atoms with Crippen molar-refractivity contribution in [1.29, 1.82) is 0 Å². The summed E-state index contributed by atoms with van der Waals surface area (Å²) in [7, 11) is 1.51. The van der Waals surface area contributed by atoms with E-state index in [-0.39, 0.29) is 17.9 Å². The predicted octanol–water partition coefficient (Wildman–Crippen LogP) is 0.341. The summed E-state index contributed by atoms with van der Waals surface area (Å²) in [6, 6.07) is 0. The van der Waals surface area contributed by atoms with Crippen LogP contribution in [-0.4, -0.2) is 33.4 Å². The molecule has 0 atom stereocenters. The van der Waals surface area contributed by atoms with E-state index in [4.69, 9.17) is 5.11 Å². The monoisotopic (exact) mass is 236 g/mol. The molecular formula is C11H12N2O4. The molecule has 1 aromatic heterocycles. The van der Waals surface area contributed by atoms with Gasteiger partial charge in [0, 0.05) is 13.0 Å². The Morgan fingerprint density at radius 1 is 1.53 bits per heavy atom. The summed E-state index contributed by atoms with van der Waals surface area (Å²) in [5.74, 6) is 2.88. The van der Waals surface area contributed by atoms with Gasteiger partial charge >= 0.3 is 11.9 Å². The maximum absolute atomic E-state index is 11.0. The Morgan fingerprint density at radius 2 is 2.18 bits per heavy atom. The number of carboxylic acids is 1. The summed E-state index contributed by atoms with van der Waals surface area (Å²) in [4.78, 5) is 22.0. The Morgan fingerprint density at radius 3 is 2.71 bits per heavy atom. The molecule has 0 aliphatic rings. The van der Waals surface area contributed by atoms with Gasteiger partial charge in [-0.15, -0.1) is 0 Å². The van der Waals surface area contributed by atoms with Gasteiger partial charge in [0.05, 0.1) is 17.9 Å². The second kappa shape index (κ2) is 5.16. The Bertz CT molecular complexity index is 520. The lowest BCUT2D eigenvalue weighted by molar-refractivity contribution is -0.136. The van der Waals surface area contributed by atoms with Crippen LogP contribution in [0.15, 0.2) is 0 Å². The number of carbonyl (C=O) groups is 2. The number of hydrogen-bond acceptors (Lipinski definition) is 4. The Labute approximate surface area is 98.2 Å². The van der Waals surface area contributed by atoms with Gasteiger partial charge in [-0.3, -0.25) is 4.68 Å². The number of aromatic carboxylic acids is 1.